The van der Waals surface area contributed by atoms with E-state index < -0.39 is 0 Å². The second-order valence-corrected chi connectivity index (χ2v) is 6.64. The molecule has 0 aliphatic rings. The van der Waals surface area contributed by atoms with Crippen LogP contribution in [0, 0.1) is 0 Å². The first kappa shape index (κ1) is 24.9. The summed E-state index contributed by atoms with van der Waals surface area (Å²) in [6, 6.07) is 19.7. The van der Waals surface area contributed by atoms with Crippen LogP contribution in [-0.4, -0.2) is 47.7 Å². The Morgan fingerprint density at radius 1 is 0.656 bits per heavy atom. The maximum Gasteiger partial charge on any atom is 0.148 e. The van der Waals surface area contributed by atoms with Crippen molar-refractivity contribution in [3.63, 3.8) is 0 Å². The summed E-state index contributed by atoms with van der Waals surface area (Å²) in [4.78, 5) is 0. The van der Waals surface area contributed by atoms with Gasteiger partial charge in [-0.15, -0.1) is 24.8 Å². The molecule has 0 fully saturated rings. The third kappa shape index (κ3) is 6.09. The fraction of sp³-hybridized carbons (Fsp3) is 0.182. The number of halogens is 2. The standard InChI is InChI=1S/C22H24N6O2.2ClH/c1-29-17-7-3-15(4-8-17)19-13-21(27-25-19)23-11-12-24-22-14-20(26-28-22)16-5-9-18(30-2)10-6-16;;/h3-10,13-14H,11-12H2,1-2H3,(H2,23,25,27)(H2,24,26,28);2*1H. The van der Waals surface area contributed by atoms with E-state index in [1.165, 1.54) is 0 Å². The number of H-pyrrole nitrogens is 2. The van der Waals surface area contributed by atoms with Crippen LogP contribution in [0.15, 0.2) is 60.7 Å². The quantitative estimate of drug-likeness (QED) is 0.257. The third-order valence-corrected chi connectivity index (χ3v) is 4.70. The van der Waals surface area contributed by atoms with Gasteiger partial charge in [0.25, 0.3) is 0 Å². The average molecular weight is 477 g/mol. The van der Waals surface area contributed by atoms with Crippen LogP contribution in [0.5, 0.6) is 11.5 Å². The lowest BCUT2D eigenvalue weighted by Crippen LogP contribution is -2.13. The zero-order chi connectivity index (χ0) is 20.8. The molecule has 0 aliphatic carbocycles. The molecule has 32 heavy (non-hydrogen) atoms. The lowest BCUT2D eigenvalue weighted by Gasteiger charge is -2.03. The molecule has 0 saturated heterocycles. The number of nitrogens with zero attached hydrogens (tertiary/aromatic N) is 2. The highest BCUT2D eigenvalue weighted by Gasteiger charge is 2.05. The van der Waals surface area contributed by atoms with Gasteiger partial charge in [-0.3, -0.25) is 10.2 Å². The molecule has 0 saturated carbocycles. The summed E-state index contributed by atoms with van der Waals surface area (Å²) in [6.07, 6.45) is 0. The van der Waals surface area contributed by atoms with Gasteiger partial charge in [0.2, 0.25) is 0 Å². The number of hydrogen-bond acceptors (Lipinski definition) is 6. The summed E-state index contributed by atoms with van der Waals surface area (Å²) >= 11 is 0. The second-order valence-electron chi connectivity index (χ2n) is 6.64. The molecule has 0 bridgehead atoms. The SMILES string of the molecule is COc1ccc(-c2cc(NCCNc3cc(-c4ccc(OC)cc4)[nH]n3)n[nH]2)cc1.Cl.Cl. The maximum atomic E-state index is 5.19. The molecule has 0 radical (unpaired) electrons. The molecule has 4 N–H and O–H groups in total. The number of aromatic amines is 2. The Morgan fingerprint density at radius 2 is 1.03 bits per heavy atom. The maximum absolute atomic E-state index is 5.19. The Kier molecular flexibility index (Phi) is 9.24. The van der Waals surface area contributed by atoms with Crippen molar-refractivity contribution in [2.75, 3.05) is 37.9 Å². The largest absolute Gasteiger partial charge is 0.497 e. The molecule has 0 atom stereocenters. The van der Waals surface area contributed by atoms with E-state index in [9.17, 15) is 0 Å². The number of nitrogens with one attached hydrogen (secondary N) is 4. The van der Waals surface area contributed by atoms with Crippen LogP contribution in [-0.2, 0) is 0 Å². The van der Waals surface area contributed by atoms with Gasteiger partial charge in [0, 0.05) is 25.2 Å². The normalized spacial score (nSPS) is 9.94. The van der Waals surface area contributed by atoms with Crippen LogP contribution in [0.3, 0.4) is 0 Å². The highest BCUT2D eigenvalue weighted by Crippen LogP contribution is 2.23. The molecular weight excluding hydrogens is 451 g/mol. The molecule has 2 aromatic carbocycles. The predicted octanol–water partition coefficient (Wildman–Crippen LogP) is 4.85. The molecule has 10 heteroatoms. The Bertz CT molecular complexity index is 993. The van der Waals surface area contributed by atoms with E-state index in [0.717, 1.165) is 45.6 Å². The van der Waals surface area contributed by atoms with E-state index in [0.29, 0.717) is 13.1 Å². The lowest BCUT2D eigenvalue weighted by atomic mass is 10.1. The van der Waals surface area contributed by atoms with Crippen LogP contribution < -0.4 is 20.1 Å². The minimum absolute atomic E-state index is 0. The van der Waals surface area contributed by atoms with Gasteiger partial charge in [0.15, 0.2) is 0 Å². The van der Waals surface area contributed by atoms with Crippen molar-refractivity contribution >= 4 is 36.4 Å². The molecule has 2 aromatic heterocycles. The van der Waals surface area contributed by atoms with Gasteiger partial charge >= 0.3 is 0 Å². The summed E-state index contributed by atoms with van der Waals surface area (Å²) in [6.45, 7) is 1.41. The number of aromatic nitrogens is 4. The molecule has 170 valence electrons. The zero-order valence-electron chi connectivity index (χ0n) is 17.7. The fourth-order valence-electron chi connectivity index (χ4n) is 3.04. The summed E-state index contributed by atoms with van der Waals surface area (Å²) in [5.41, 5.74) is 4.00. The van der Waals surface area contributed by atoms with Crippen molar-refractivity contribution in [2.45, 2.75) is 0 Å². The minimum atomic E-state index is 0. The summed E-state index contributed by atoms with van der Waals surface area (Å²) in [7, 11) is 3.31. The van der Waals surface area contributed by atoms with E-state index in [-0.39, 0.29) is 24.8 Å². The molecule has 0 amide bonds. The first-order valence-corrected chi connectivity index (χ1v) is 9.62. The predicted molar refractivity (Wildman–Crippen MR) is 133 cm³/mol. The van der Waals surface area contributed by atoms with Crippen molar-refractivity contribution in [1.29, 1.82) is 0 Å². The van der Waals surface area contributed by atoms with Crippen molar-refractivity contribution in [2.24, 2.45) is 0 Å². The van der Waals surface area contributed by atoms with Crippen molar-refractivity contribution in [1.82, 2.24) is 20.4 Å². The number of ether oxygens (including phenoxy) is 2. The minimum Gasteiger partial charge on any atom is -0.497 e. The zero-order valence-corrected chi connectivity index (χ0v) is 19.3. The van der Waals surface area contributed by atoms with Crippen molar-refractivity contribution < 1.29 is 9.47 Å². The van der Waals surface area contributed by atoms with E-state index in [4.69, 9.17) is 9.47 Å². The topological polar surface area (TPSA) is 99.9 Å². The van der Waals surface area contributed by atoms with Gasteiger partial charge in [0.1, 0.15) is 23.1 Å². The fourth-order valence-corrected chi connectivity index (χ4v) is 3.04. The first-order valence-electron chi connectivity index (χ1n) is 9.62. The van der Waals surface area contributed by atoms with Gasteiger partial charge in [-0.1, -0.05) is 0 Å². The lowest BCUT2D eigenvalue weighted by molar-refractivity contribution is 0.415. The molecular formula is C22H26Cl2N6O2. The smallest absolute Gasteiger partial charge is 0.148 e. The Balaban J connectivity index is 0.00000181. The van der Waals surface area contributed by atoms with E-state index in [2.05, 4.69) is 31.0 Å². The first-order chi connectivity index (χ1) is 14.7. The van der Waals surface area contributed by atoms with Gasteiger partial charge in [-0.05, 0) is 59.7 Å². The van der Waals surface area contributed by atoms with E-state index in [1.54, 1.807) is 14.2 Å². The Hall–Kier alpha value is -3.36. The molecule has 0 unspecified atom stereocenters. The average Bonchev–Trinajstić information content (AvgIpc) is 3.47. The van der Waals surface area contributed by atoms with Crippen molar-refractivity contribution in [3.8, 4) is 34.0 Å². The van der Waals surface area contributed by atoms with Gasteiger partial charge in [-0.25, -0.2) is 0 Å². The second kappa shape index (κ2) is 11.9. The summed E-state index contributed by atoms with van der Waals surface area (Å²) in [5, 5.41) is 21.3. The van der Waals surface area contributed by atoms with Crippen LogP contribution >= 0.6 is 24.8 Å². The van der Waals surface area contributed by atoms with Crippen LogP contribution in [0.2, 0.25) is 0 Å². The number of benzene rings is 2. The van der Waals surface area contributed by atoms with Gasteiger partial charge < -0.3 is 20.1 Å². The van der Waals surface area contributed by atoms with Crippen LogP contribution in [0.1, 0.15) is 0 Å². The van der Waals surface area contributed by atoms with Crippen molar-refractivity contribution in [3.05, 3.63) is 60.7 Å². The molecule has 0 spiro atoms. The third-order valence-electron chi connectivity index (χ3n) is 4.70. The van der Waals surface area contributed by atoms with E-state index in [1.807, 2.05) is 60.7 Å². The Labute approximate surface area is 198 Å². The number of hydrogen-bond donors (Lipinski definition) is 4. The molecule has 4 aromatic rings. The van der Waals surface area contributed by atoms with Gasteiger partial charge in [-0.2, -0.15) is 10.2 Å². The Morgan fingerprint density at radius 3 is 1.38 bits per heavy atom. The van der Waals surface area contributed by atoms with E-state index >= 15 is 0 Å². The van der Waals surface area contributed by atoms with Gasteiger partial charge in [0.05, 0.1) is 25.6 Å². The highest BCUT2D eigenvalue weighted by atomic mass is 35.5. The number of rotatable bonds is 9. The number of methoxy groups -OCH3 is 2. The number of anilines is 2. The van der Waals surface area contributed by atoms with Crippen LogP contribution in [0.25, 0.3) is 22.5 Å². The monoisotopic (exact) mass is 476 g/mol. The molecule has 2 heterocycles. The molecule has 4 rings (SSSR count). The summed E-state index contributed by atoms with van der Waals surface area (Å²) < 4.78 is 10.4. The van der Waals surface area contributed by atoms with Crippen LogP contribution in [0.4, 0.5) is 11.6 Å². The summed E-state index contributed by atoms with van der Waals surface area (Å²) in [5.74, 6) is 3.25. The molecule has 0 aliphatic heterocycles. The highest BCUT2D eigenvalue weighted by molar-refractivity contribution is 5.85. The molecule has 8 nitrogen and oxygen atoms in total.